The van der Waals surface area contributed by atoms with Crippen LogP contribution in [-0.2, 0) is 19.4 Å². The van der Waals surface area contributed by atoms with Gasteiger partial charge in [-0.25, -0.2) is 4.98 Å². The van der Waals surface area contributed by atoms with Crippen LogP contribution in [0.1, 0.15) is 24.7 Å². The van der Waals surface area contributed by atoms with Gasteiger partial charge in [0, 0.05) is 24.6 Å². The highest BCUT2D eigenvalue weighted by atomic mass is 35.5. The zero-order valence-electron chi connectivity index (χ0n) is 11.7. The third kappa shape index (κ3) is 4.05. The van der Waals surface area contributed by atoms with E-state index >= 15 is 0 Å². The first-order valence-electron chi connectivity index (χ1n) is 6.95. The molecule has 4 nitrogen and oxygen atoms in total. The molecular weight excluding hydrogens is 274 g/mol. The number of nitrogens with zero attached hydrogens (tertiary/aromatic N) is 3. The predicted molar refractivity (Wildman–Crippen MR) is 79.7 cm³/mol. The summed E-state index contributed by atoms with van der Waals surface area (Å²) in [6, 6.07) is 7.76. The van der Waals surface area contributed by atoms with Gasteiger partial charge in [-0.2, -0.15) is 5.10 Å². The van der Waals surface area contributed by atoms with Gasteiger partial charge in [-0.3, -0.25) is 4.68 Å². The smallest absolute Gasteiger partial charge is 0.138 e. The average molecular weight is 294 g/mol. The zero-order valence-corrected chi connectivity index (χ0v) is 12.4. The van der Waals surface area contributed by atoms with Crippen LogP contribution < -0.4 is 0 Å². The number of hydrogen-bond acceptors (Lipinski definition) is 3. The summed E-state index contributed by atoms with van der Waals surface area (Å²) in [4.78, 5) is 4.30. The molecule has 1 unspecified atom stereocenters. The largest absolute Gasteiger partial charge is 0.396 e. The van der Waals surface area contributed by atoms with E-state index in [9.17, 15) is 5.11 Å². The third-order valence-electron chi connectivity index (χ3n) is 3.30. The number of benzene rings is 1. The SMILES string of the molecule is CCCn1ncnc1CC(CO)Cc1ccc(Cl)cc1. The fraction of sp³-hybridized carbons (Fsp3) is 0.467. The van der Waals surface area contributed by atoms with E-state index < -0.39 is 0 Å². The lowest BCUT2D eigenvalue weighted by Crippen LogP contribution is -2.17. The second kappa shape index (κ2) is 7.41. The minimum absolute atomic E-state index is 0.140. The molecule has 0 aliphatic carbocycles. The highest BCUT2D eigenvalue weighted by molar-refractivity contribution is 6.30. The van der Waals surface area contributed by atoms with E-state index in [0.29, 0.717) is 0 Å². The van der Waals surface area contributed by atoms with Crippen LogP contribution in [0.25, 0.3) is 0 Å². The van der Waals surface area contributed by atoms with Gasteiger partial charge in [-0.15, -0.1) is 0 Å². The van der Waals surface area contributed by atoms with Gasteiger partial charge in [0.1, 0.15) is 12.2 Å². The molecular formula is C15H20ClN3O. The summed E-state index contributed by atoms with van der Waals surface area (Å²) in [7, 11) is 0. The van der Waals surface area contributed by atoms with Crippen LogP contribution in [0.5, 0.6) is 0 Å². The first kappa shape index (κ1) is 15.0. The monoisotopic (exact) mass is 293 g/mol. The minimum atomic E-state index is 0.140. The molecule has 1 aromatic heterocycles. The van der Waals surface area contributed by atoms with Gasteiger partial charge >= 0.3 is 0 Å². The molecule has 2 rings (SSSR count). The summed E-state index contributed by atoms with van der Waals surface area (Å²) in [5.74, 6) is 1.09. The van der Waals surface area contributed by atoms with E-state index in [2.05, 4.69) is 17.0 Å². The molecule has 20 heavy (non-hydrogen) atoms. The van der Waals surface area contributed by atoms with Crippen LogP contribution in [-0.4, -0.2) is 26.5 Å². The molecule has 0 amide bonds. The normalized spacial score (nSPS) is 12.6. The highest BCUT2D eigenvalue weighted by Gasteiger charge is 2.14. The minimum Gasteiger partial charge on any atom is -0.396 e. The van der Waals surface area contributed by atoms with Crippen molar-refractivity contribution in [2.24, 2.45) is 5.92 Å². The molecule has 0 fully saturated rings. The Hall–Kier alpha value is -1.39. The lowest BCUT2D eigenvalue weighted by molar-refractivity contribution is 0.221. The van der Waals surface area contributed by atoms with E-state index in [1.165, 1.54) is 5.56 Å². The Kier molecular flexibility index (Phi) is 5.56. The second-order valence-electron chi connectivity index (χ2n) is 4.98. The maximum absolute atomic E-state index is 9.58. The van der Waals surface area contributed by atoms with Gasteiger partial charge in [-0.05, 0) is 36.5 Å². The van der Waals surface area contributed by atoms with E-state index in [1.807, 2.05) is 28.9 Å². The quantitative estimate of drug-likeness (QED) is 0.854. The van der Waals surface area contributed by atoms with Crippen molar-refractivity contribution in [3.8, 4) is 0 Å². The lowest BCUT2D eigenvalue weighted by atomic mass is 9.96. The Labute approximate surface area is 124 Å². The van der Waals surface area contributed by atoms with Crippen molar-refractivity contribution in [2.45, 2.75) is 32.7 Å². The number of aromatic nitrogens is 3. The molecule has 108 valence electrons. The highest BCUT2D eigenvalue weighted by Crippen LogP contribution is 2.16. The van der Waals surface area contributed by atoms with Crippen LogP contribution in [0.4, 0.5) is 0 Å². The van der Waals surface area contributed by atoms with E-state index in [1.54, 1.807) is 6.33 Å². The number of aliphatic hydroxyl groups is 1. The summed E-state index contributed by atoms with van der Waals surface area (Å²) >= 11 is 5.88. The van der Waals surface area contributed by atoms with Gasteiger partial charge in [-0.1, -0.05) is 30.7 Å². The van der Waals surface area contributed by atoms with E-state index in [-0.39, 0.29) is 12.5 Å². The van der Waals surface area contributed by atoms with Gasteiger partial charge in [0.25, 0.3) is 0 Å². The summed E-state index contributed by atoms with van der Waals surface area (Å²) in [5, 5.41) is 14.5. The second-order valence-corrected chi connectivity index (χ2v) is 5.42. The summed E-state index contributed by atoms with van der Waals surface area (Å²) in [6.07, 6.45) is 4.16. The first-order chi connectivity index (χ1) is 9.72. The molecule has 0 bridgehead atoms. The van der Waals surface area contributed by atoms with Gasteiger partial charge in [0.15, 0.2) is 0 Å². The maximum atomic E-state index is 9.58. The fourth-order valence-electron chi connectivity index (χ4n) is 2.26. The van der Waals surface area contributed by atoms with Gasteiger partial charge in [0.05, 0.1) is 0 Å². The van der Waals surface area contributed by atoms with Crippen molar-refractivity contribution < 1.29 is 5.11 Å². The van der Waals surface area contributed by atoms with Crippen LogP contribution >= 0.6 is 11.6 Å². The number of hydrogen-bond donors (Lipinski definition) is 1. The number of halogens is 1. The van der Waals surface area contributed by atoms with Crippen molar-refractivity contribution in [1.29, 1.82) is 0 Å². The summed E-state index contributed by atoms with van der Waals surface area (Å²) in [5.41, 5.74) is 1.18. The van der Waals surface area contributed by atoms with Crippen LogP contribution in [0, 0.1) is 5.92 Å². The van der Waals surface area contributed by atoms with Crippen LogP contribution in [0.3, 0.4) is 0 Å². The Morgan fingerprint density at radius 1 is 1.25 bits per heavy atom. The van der Waals surface area contributed by atoms with E-state index in [4.69, 9.17) is 11.6 Å². The molecule has 0 radical (unpaired) electrons. The van der Waals surface area contributed by atoms with Crippen molar-refractivity contribution >= 4 is 11.6 Å². The Morgan fingerprint density at radius 3 is 2.65 bits per heavy atom. The van der Waals surface area contributed by atoms with Crippen LogP contribution in [0.15, 0.2) is 30.6 Å². The zero-order chi connectivity index (χ0) is 14.4. The molecule has 0 aliphatic rings. The third-order valence-corrected chi connectivity index (χ3v) is 3.55. The Morgan fingerprint density at radius 2 is 2.00 bits per heavy atom. The first-order valence-corrected chi connectivity index (χ1v) is 7.32. The van der Waals surface area contributed by atoms with Crippen molar-refractivity contribution in [3.05, 3.63) is 47.0 Å². The van der Waals surface area contributed by atoms with Gasteiger partial charge < -0.3 is 5.11 Å². The van der Waals surface area contributed by atoms with Crippen molar-refractivity contribution in [2.75, 3.05) is 6.61 Å². The molecule has 2 aromatic rings. The molecule has 1 atom stereocenters. The van der Waals surface area contributed by atoms with Gasteiger partial charge in [0.2, 0.25) is 0 Å². The summed E-state index contributed by atoms with van der Waals surface area (Å²) in [6.45, 7) is 3.12. The molecule has 1 N–H and O–H groups in total. The molecule has 0 saturated carbocycles. The topological polar surface area (TPSA) is 50.9 Å². The average Bonchev–Trinajstić information content (AvgIpc) is 2.88. The molecule has 1 aromatic carbocycles. The number of aliphatic hydroxyl groups excluding tert-OH is 1. The molecule has 1 heterocycles. The Bertz CT molecular complexity index is 524. The standard InChI is InChI=1S/C15H20ClN3O/c1-2-7-19-15(17-11-18-19)9-13(10-20)8-12-3-5-14(16)6-4-12/h3-6,11,13,20H,2,7-10H2,1H3. The number of rotatable bonds is 7. The Balaban J connectivity index is 2.01. The molecule has 5 heteroatoms. The maximum Gasteiger partial charge on any atom is 0.138 e. The fourth-order valence-corrected chi connectivity index (χ4v) is 2.38. The predicted octanol–water partition coefficient (Wildman–Crippen LogP) is 2.74. The molecule has 0 saturated heterocycles. The van der Waals surface area contributed by atoms with Crippen molar-refractivity contribution in [3.63, 3.8) is 0 Å². The van der Waals surface area contributed by atoms with Crippen molar-refractivity contribution in [1.82, 2.24) is 14.8 Å². The number of aryl methyl sites for hydroxylation is 1. The summed E-state index contributed by atoms with van der Waals surface area (Å²) < 4.78 is 1.92. The van der Waals surface area contributed by atoms with Crippen LogP contribution in [0.2, 0.25) is 5.02 Å². The molecule has 0 spiro atoms. The van der Waals surface area contributed by atoms with E-state index in [0.717, 1.165) is 36.7 Å². The molecule has 0 aliphatic heterocycles. The lowest BCUT2D eigenvalue weighted by Gasteiger charge is -2.14.